The van der Waals surface area contributed by atoms with Crippen molar-refractivity contribution in [1.82, 2.24) is 9.80 Å². The van der Waals surface area contributed by atoms with Crippen LogP contribution in [0.4, 0.5) is 5.69 Å². The predicted molar refractivity (Wildman–Crippen MR) is 96.8 cm³/mol. The second-order valence-corrected chi connectivity index (χ2v) is 8.21. The third-order valence-corrected chi connectivity index (χ3v) is 5.52. The van der Waals surface area contributed by atoms with Crippen LogP contribution in [0.1, 0.15) is 18.9 Å². The molecule has 7 nitrogen and oxygen atoms in total. The summed E-state index contributed by atoms with van der Waals surface area (Å²) in [5.74, 6) is -0.0846. The van der Waals surface area contributed by atoms with Crippen LogP contribution in [0.15, 0.2) is 24.3 Å². The molecule has 0 aromatic heterocycles. The SMILES string of the molecule is CC(=O)N1CCN(C(=O)CCN(c2ccc(C)cc2)S(C)(=O)=O)CC1. The molecule has 0 aliphatic carbocycles. The zero-order chi connectivity index (χ0) is 18.6. The summed E-state index contributed by atoms with van der Waals surface area (Å²) in [5.41, 5.74) is 1.60. The van der Waals surface area contributed by atoms with Crippen LogP contribution in [0.5, 0.6) is 0 Å². The van der Waals surface area contributed by atoms with Crippen LogP contribution in [0.3, 0.4) is 0 Å². The third kappa shape index (κ3) is 5.19. The van der Waals surface area contributed by atoms with Crippen molar-refractivity contribution in [1.29, 1.82) is 0 Å². The monoisotopic (exact) mass is 367 g/mol. The molecule has 1 fully saturated rings. The van der Waals surface area contributed by atoms with Crippen molar-refractivity contribution >= 4 is 27.5 Å². The van der Waals surface area contributed by atoms with Gasteiger partial charge < -0.3 is 9.80 Å². The summed E-state index contributed by atoms with van der Waals surface area (Å²) in [6, 6.07) is 7.17. The van der Waals surface area contributed by atoms with E-state index in [2.05, 4.69) is 0 Å². The van der Waals surface area contributed by atoms with Crippen LogP contribution >= 0.6 is 0 Å². The van der Waals surface area contributed by atoms with Gasteiger partial charge in [-0.3, -0.25) is 13.9 Å². The summed E-state index contributed by atoms with van der Waals surface area (Å²) < 4.78 is 25.4. The van der Waals surface area contributed by atoms with Gasteiger partial charge >= 0.3 is 0 Å². The number of aryl methyl sites for hydroxylation is 1. The van der Waals surface area contributed by atoms with E-state index in [4.69, 9.17) is 0 Å². The second-order valence-electron chi connectivity index (χ2n) is 6.31. The number of nitrogens with zero attached hydrogens (tertiary/aromatic N) is 3. The molecule has 0 bridgehead atoms. The first kappa shape index (κ1) is 19.2. The number of carbonyl (C=O) groups excluding carboxylic acids is 2. The van der Waals surface area contributed by atoms with Crippen molar-refractivity contribution in [3.63, 3.8) is 0 Å². The quantitative estimate of drug-likeness (QED) is 0.773. The molecule has 25 heavy (non-hydrogen) atoms. The van der Waals surface area contributed by atoms with Crippen molar-refractivity contribution in [2.45, 2.75) is 20.3 Å². The molecule has 1 heterocycles. The Hall–Kier alpha value is -2.09. The van der Waals surface area contributed by atoms with E-state index in [-0.39, 0.29) is 24.8 Å². The molecule has 0 unspecified atom stereocenters. The van der Waals surface area contributed by atoms with E-state index in [1.165, 1.54) is 11.2 Å². The molecule has 0 N–H and O–H groups in total. The molecule has 0 spiro atoms. The van der Waals surface area contributed by atoms with Crippen molar-refractivity contribution in [2.75, 3.05) is 43.3 Å². The minimum absolute atomic E-state index is 0.00900. The Bertz CT molecular complexity index is 723. The number of benzene rings is 1. The maximum Gasteiger partial charge on any atom is 0.232 e. The number of amides is 2. The Morgan fingerprint density at radius 2 is 1.56 bits per heavy atom. The molecule has 0 atom stereocenters. The molecule has 1 aromatic rings. The molecular formula is C17H25N3O4S. The van der Waals surface area contributed by atoms with E-state index in [9.17, 15) is 18.0 Å². The van der Waals surface area contributed by atoms with Gasteiger partial charge in [0.15, 0.2) is 0 Å². The third-order valence-electron chi connectivity index (χ3n) is 4.33. The highest BCUT2D eigenvalue weighted by molar-refractivity contribution is 7.92. The average molecular weight is 367 g/mol. The summed E-state index contributed by atoms with van der Waals surface area (Å²) in [6.45, 7) is 5.57. The van der Waals surface area contributed by atoms with E-state index in [0.29, 0.717) is 31.9 Å². The van der Waals surface area contributed by atoms with Crippen LogP contribution in [0.2, 0.25) is 0 Å². The number of carbonyl (C=O) groups is 2. The number of sulfonamides is 1. The van der Waals surface area contributed by atoms with Crippen molar-refractivity contribution in [2.24, 2.45) is 0 Å². The fourth-order valence-electron chi connectivity index (χ4n) is 2.82. The highest BCUT2D eigenvalue weighted by atomic mass is 32.2. The van der Waals surface area contributed by atoms with E-state index in [0.717, 1.165) is 11.8 Å². The molecule has 2 rings (SSSR count). The smallest absolute Gasteiger partial charge is 0.232 e. The Labute approximate surface area is 149 Å². The molecule has 0 radical (unpaired) electrons. The minimum Gasteiger partial charge on any atom is -0.339 e. The fourth-order valence-corrected chi connectivity index (χ4v) is 3.75. The normalized spacial score (nSPS) is 15.2. The molecule has 1 aromatic carbocycles. The Morgan fingerprint density at radius 1 is 1.04 bits per heavy atom. The van der Waals surface area contributed by atoms with E-state index >= 15 is 0 Å². The maximum absolute atomic E-state index is 12.4. The highest BCUT2D eigenvalue weighted by Crippen LogP contribution is 2.19. The lowest BCUT2D eigenvalue weighted by Crippen LogP contribution is -2.50. The number of piperazine rings is 1. The molecule has 2 amide bonds. The molecule has 1 aliphatic rings. The Balaban J connectivity index is 1.98. The lowest BCUT2D eigenvalue weighted by molar-refractivity contribution is -0.138. The van der Waals surface area contributed by atoms with Gasteiger partial charge in [-0.15, -0.1) is 0 Å². The molecule has 0 saturated carbocycles. The first-order valence-corrected chi connectivity index (χ1v) is 10.1. The van der Waals surface area contributed by atoms with Crippen molar-refractivity contribution in [3.05, 3.63) is 29.8 Å². The van der Waals surface area contributed by atoms with Gasteiger partial charge in [0.2, 0.25) is 21.8 Å². The number of rotatable bonds is 5. The summed E-state index contributed by atoms with van der Waals surface area (Å²) in [7, 11) is -3.47. The van der Waals surface area contributed by atoms with Gasteiger partial charge in [-0.1, -0.05) is 17.7 Å². The van der Waals surface area contributed by atoms with Gasteiger partial charge in [-0.2, -0.15) is 0 Å². The molecule has 138 valence electrons. The summed E-state index contributed by atoms with van der Waals surface area (Å²) in [5, 5.41) is 0. The Morgan fingerprint density at radius 3 is 2.04 bits per heavy atom. The van der Waals surface area contributed by atoms with E-state index in [1.54, 1.807) is 21.9 Å². The molecule has 1 aliphatic heterocycles. The second kappa shape index (κ2) is 7.86. The van der Waals surface area contributed by atoms with Gasteiger partial charge in [0.05, 0.1) is 11.9 Å². The summed E-state index contributed by atoms with van der Waals surface area (Å²) in [6.07, 6.45) is 1.25. The first-order valence-electron chi connectivity index (χ1n) is 8.26. The zero-order valence-corrected chi connectivity index (χ0v) is 15.8. The summed E-state index contributed by atoms with van der Waals surface area (Å²) in [4.78, 5) is 27.1. The number of hydrogen-bond donors (Lipinski definition) is 0. The van der Waals surface area contributed by atoms with E-state index in [1.807, 2.05) is 19.1 Å². The van der Waals surface area contributed by atoms with Crippen LogP contribution in [0.25, 0.3) is 0 Å². The topological polar surface area (TPSA) is 78.0 Å². The lowest BCUT2D eigenvalue weighted by Gasteiger charge is -2.34. The Kier molecular flexibility index (Phi) is 6.05. The van der Waals surface area contributed by atoms with Gasteiger partial charge in [-0.05, 0) is 19.1 Å². The number of hydrogen-bond acceptors (Lipinski definition) is 4. The van der Waals surface area contributed by atoms with Crippen LogP contribution in [-0.2, 0) is 19.6 Å². The van der Waals surface area contributed by atoms with Gasteiger partial charge in [0.1, 0.15) is 0 Å². The lowest BCUT2D eigenvalue weighted by atomic mass is 10.2. The largest absolute Gasteiger partial charge is 0.339 e. The van der Waals surface area contributed by atoms with Gasteiger partial charge in [0, 0.05) is 46.1 Å². The average Bonchev–Trinajstić information content (AvgIpc) is 2.55. The van der Waals surface area contributed by atoms with Gasteiger partial charge in [0.25, 0.3) is 0 Å². The fraction of sp³-hybridized carbons (Fsp3) is 0.529. The minimum atomic E-state index is -3.47. The van der Waals surface area contributed by atoms with E-state index < -0.39 is 10.0 Å². The maximum atomic E-state index is 12.4. The van der Waals surface area contributed by atoms with Crippen molar-refractivity contribution in [3.8, 4) is 0 Å². The predicted octanol–water partition coefficient (Wildman–Crippen LogP) is 0.842. The van der Waals surface area contributed by atoms with Crippen LogP contribution < -0.4 is 4.31 Å². The molecule has 8 heteroatoms. The van der Waals surface area contributed by atoms with Crippen LogP contribution in [-0.4, -0.2) is 69.0 Å². The highest BCUT2D eigenvalue weighted by Gasteiger charge is 2.24. The number of anilines is 1. The van der Waals surface area contributed by atoms with Crippen molar-refractivity contribution < 1.29 is 18.0 Å². The first-order chi connectivity index (χ1) is 11.7. The van der Waals surface area contributed by atoms with Gasteiger partial charge in [-0.25, -0.2) is 8.42 Å². The summed E-state index contributed by atoms with van der Waals surface area (Å²) >= 11 is 0. The molecule has 1 saturated heterocycles. The zero-order valence-electron chi connectivity index (χ0n) is 14.9. The molecular weight excluding hydrogens is 342 g/mol. The standard InChI is InChI=1S/C17H25N3O4S/c1-14-4-6-16(7-5-14)20(25(3,23)24)9-8-17(22)19-12-10-18(11-13-19)15(2)21/h4-7H,8-13H2,1-3H3. The van der Waals surface area contributed by atoms with Crippen LogP contribution in [0, 0.1) is 6.92 Å².